The Morgan fingerprint density at radius 2 is 1.71 bits per heavy atom. The van der Waals surface area contributed by atoms with E-state index >= 15 is 0 Å². The van der Waals surface area contributed by atoms with Crippen molar-refractivity contribution in [1.29, 1.82) is 0 Å². The second-order valence-electron chi connectivity index (χ2n) is 7.14. The van der Waals surface area contributed by atoms with Crippen LogP contribution in [0.3, 0.4) is 0 Å². The Morgan fingerprint density at radius 3 is 2.39 bits per heavy atom. The lowest BCUT2D eigenvalue weighted by Crippen LogP contribution is -2.48. The second-order valence-corrected chi connectivity index (χ2v) is 8.91. The van der Waals surface area contributed by atoms with Gasteiger partial charge in [-0.15, -0.1) is 0 Å². The fourth-order valence-electron chi connectivity index (χ4n) is 3.41. The Kier molecular flexibility index (Phi) is 6.59. The number of para-hydroxylation sites is 2. The van der Waals surface area contributed by atoms with Crippen LogP contribution in [0.15, 0.2) is 47.4 Å². The number of anilines is 1. The summed E-state index contributed by atoms with van der Waals surface area (Å²) in [4.78, 5) is 4.93. The number of hydrogen-bond donors (Lipinski definition) is 1. The van der Waals surface area contributed by atoms with E-state index in [2.05, 4.69) is 20.6 Å². The third kappa shape index (κ3) is 4.84. The fourth-order valence-corrected chi connectivity index (χ4v) is 4.51. The third-order valence-corrected chi connectivity index (χ3v) is 6.77. The van der Waals surface area contributed by atoms with Gasteiger partial charge < -0.3 is 9.64 Å². The molecule has 0 aliphatic carbocycles. The van der Waals surface area contributed by atoms with Crippen LogP contribution in [0.25, 0.3) is 0 Å². The number of rotatable bonds is 7. The lowest BCUT2D eigenvalue weighted by molar-refractivity contribution is 0.261. The highest BCUT2D eigenvalue weighted by atomic mass is 32.2. The Balaban J connectivity index is 1.49. The normalized spacial score (nSPS) is 15.6. The van der Waals surface area contributed by atoms with Gasteiger partial charge in [0.25, 0.3) is 0 Å². The third-order valence-electron chi connectivity index (χ3n) is 5.31. The molecule has 0 radical (unpaired) electrons. The Labute approximate surface area is 168 Å². The summed E-state index contributed by atoms with van der Waals surface area (Å²) in [5.74, 6) is 0.886. The van der Waals surface area contributed by atoms with Crippen molar-refractivity contribution in [1.82, 2.24) is 9.62 Å². The molecule has 1 saturated heterocycles. The molecule has 0 unspecified atom stereocenters. The van der Waals surface area contributed by atoms with Gasteiger partial charge in [0, 0.05) is 39.3 Å². The van der Waals surface area contributed by atoms with Crippen molar-refractivity contribution in [3.63, 3.8) is 0 Å². The van der Waals surface area contributed by atoms with E-state index in [1.807, 2.05) is 38.1 Å². The number of methoxy groups -OCH3 is 1. The Bertz CT molecular complexity index is 907. The Morgan fingerprint density at radius 1 is 1.00 bits per heavy atom. The van der Waals surface area contributed by atoms with Gasteiger partial charge in [-0.1, -0.05) is 18.2 Å². The maximum absolute atomic E-state index is 12.5. The molecule has 1 heterocycles. The maximum atomic E-state index is 12.5. The fraction of sp³-hybridized carbons (Fsp3) is 0.429. The van der Waals surface area contributed by atoms with Gasteiger partial charge in [-0.2, -0.15) is 0 Å². The predicted molar refractivity (Wildman–Crippen MR) is 113 cm³/mol. The molecular weight excluding hydrogens is 374 g/mol. The molecule has 1 aliphatic heterocycles. The molecule has 1 aliphatic rings. The number of sulfonamides is 1. The standard InChI is InChI=1S/C21H29N3O3S/c1-17-8-9-19(16-18(17)2)28(25,26)22-10-11-23-12-14-24(15-13-23)20-6-4-5-7-21(20)27-3/h4-9,16,22H,10-15H2,1-3H3. The molecule has 0 amide bonds. The first-order valence-electron chi connectivity index (χ1n) is 9.58. The molecule has 28 heavy (non-hydrogen) atoms. The summed E-state index contributed by atoms with van der Waals surface area (Å²) >= 11 is 0. The molecule has 3 rings (SSSR count). The van der Waals surface area contributed by atoms with E-state index in [9.17, 15) is 8.42 Å². The molecule has 6 nitrogen and oxygen atoms in total. The summed E-state index contributed by atoms with van der Waals surface area (Å²) in [7, 11) is -1.78. The van der Waals surface area contributed by atoms with Crippen molar-refractivity contribution in [3.8, 4) is 5.75 Å². The highest BCUT2D eigenvalue weighted by molar-refractivity contribution is 7.89. The van der Waals surface area contributed by atoms with Gasteiger partial charge in [0.1, 0.15) is 5.75 Å². The van der Waals surface area contributed by atoms with Gasteiger partial charge in [0.2, 0.25) is 10.0 Å². The topological polar surface area (TPSA) is 61.9 Å². The van der Waals surface area contributed by atoms with E-state index in [4.69, 9.17) is 4.74 Å². The van der Waals surface area contributed by atoms with E-state index in [1.165, 1.54) is 0 Å². The number of nitrogens with one attached hydrogen (secondary N) is 1. The molecule has 2 aromatic rings. The van der Waals surface area contributed by atoms with E-state index < -0.39 is 10.0 Å². The van der Waals surface area contributed by atoms with Gasteiger partial charge in [-0.3, -0.25) is 4.90 Å². The minimum absolute atomic E-state index is 0.330. The number of piperazine rings is 1. The van der Waals surface area contributed by atoms with Crippen LogP contribution in [0.4, 0.5) is 5.69 Å². The highest BCUT2D eigenvalue weighted by Gasteiger charge is 2.20. The molecule has 1 N–H and O–H groups in total. The number of nitrogens with zero attached hydrogens (tertiary/aromatic N) is 2. The second kappa shape index (κ2) is 8.94. The number of aryl methyl sites for hydroxylation is 2. The average Bonchev–Trinajstić information content (AvgIpc) is 2.70. The van der Waals surface area contributed by atoms with Crippen molar-refractivity contribution < 1.29 is 13.2 Å². The van der Waals surface area contributed by atoms with E-state index in [1.54, 1.807) is 19.2 Å². The number of ether oxygens (including phenoxy) is 1. The zero-order chi connectivity index (χ0) is 20.1. The molecule has 7 heteroatoms. The first kappa shape index (κ1) is 20.6. The van der Waals surface area contributed by atoms with Crippen LogP contribution in [-0.2, 0) is 10.0 Å². The summed E-state index contributed by atoms with van der Waals surface area (Å²) in [5, 5.41) is 0. The number of hydrogen-bond acceptors (Lipinski definition) is 5. The summed E-state index contributed by atoms with van der Waals surface area (Å²) in [6, 6.07) is 13.3. The van der Waals surface area contributed by atoms with Crippen molar-refractivity contribution in [3.05, 3.63) is 53.6 Å². The molecule has 0 atom stereocenters. The molecule has 0 spiro atoms. The summed E-state index contributed by atoms with van der Waals surface area (Å²) in [6.07, 6.45) is 0. The zero-order valence-corrected chi connectivity index (χ0v) is 17.6. The largest absolute Gasteiger partial charge is 0.495 e. The summed E-state index contributed by atoms with van der Waals surface area (Å²) in [5.41, 5.74) is 3.18. The number of benzene rings is 2. The van der Waals surface area contributed by atoms with Crippen LogP contribution >= 0.6 is 0 Å². The molecular formula is C21H29N3O3S. The zero-order valence-electron chi connectivity index (χ0n) is 16.8. The average molecular weight is 404 g/mol. The summed E-state index contributed by atoms with van der Waals surface area (Å²) in [6.45, 7) is 8.58. The van der Waals surface area contributed by atoms with Crippen LogP contribution in [0.5, 0.6) is 5.75 Å². The van der Waals surface area contributed by atoms with Crippen LogP contribution in [0, 0.1) is 13.8 Å². The van der Waals surface area contributed by atoms with Gasteiger partial charge >= 0.3 is 0 Å². The highest BCUT2D eigenvalue weighted by Crippen LogP contribution is 2.28. The lowest BCUT2D eigenvalue weighted by atomic mass is 10.1. The van der Waals surface area contributed by atoms with Crippen molar-refractivity contribution in [2.24, 2.45) is 0 Å². The summed E-state index contributed by atoms with van der Waals surface area (Å²) < 4.78 is 33.2. The van der Waals surface area contributed by atoms with Gasteiger partial charge in [-0.05, 0) is 49.2 Å². The lowest BCUT2D eigenvalue weighted by Gasteiger charge is -2.36. The SMILES string of the molecule is COc1ccccc1N1CCN(CCNS(=O)(=O)c2ccc(C)c(C)c2)CC1. The van der Waals surface area contributed by atoms with Crippen LogP contribution in [0.1, 0.15) is 11.1 Å². The van der Waals surface area contributed by atoms with Crippen LogP contribution in [-0.4, -0.2) is 59.7 Å². The minimum atomic E-state index is -3.47. The van der Waals surface area contributed by atoms with Gasteiger partial charge in [0.05, 0.1) is 17.7 Å². The van der Waals surface area contributed by atoms with Crippen molar-refractivity contribution in [2.45, 2.75) is 18.7 Å². The van der Waals surface area contributed by atoms with Gasteiger partial charge in [0.15, 0.2) is 0 Å². The molecule has 2 aromatic carbocycles. The van der Waals surface area contributed by atoms with E-state index in [-0.39, 0.29) is 0 Å². The molecule has 1 fully saturated rings. The molecule has 152 valence electrons. The first-order valence-corrected chi connectivity index (χ1v) is 11.1. The van der Waals surface area contributed by atoms with Crippen LogP contribution in [0.2, 0.25) is 0 Å². The Hall–Kier alpha value is -2.09. The smallest absolute Gasteiger partial charge is 0.240 e. The monoisotopic (exact) mass is 403 g/mol. The molecule has 0 saturated carbocycles. The predicted octanol–water partition coefficient (Wildman–Crippen LogP) is 2.41. The minimum Gasteiger partial charge on any atom is -0.495 e. The molecule has 0 bridgehead atoms. The van der Waals surface area contributed by atoms with Crippen molar-refractivity contribution in [2.75, 3.05) is 51.3 Å². The van der Waals surface area contributed by atoms with Crippen molar-refractivity contribution >= 4 is 15.7 Å². The van der Waals surface area contributed by atoms with E-state index in [0.717, 1.165) is 48.7 Å². The molecule has 0 aromatic heterocycles. The van der Waals surface area contributed by atoms with Gasteiger partial charge in [-0.25, -0.2) is 13.1 Å². The first-order chi connectivity index (χ1) is 13.4. The van der Waals surface area contributed by atoms with Crippen LogP contribution < -0.4 is 14.4 Å². The van der Waals surface area contributed by atoms with E-state index in [0.29, 0.717) is 18.0 Å². The maximum Gasteiger partial charge on any atom is 0.240 e. The quantitative estimate of drug-likeness (QED) is 0.769.